The minimum atomic E-state index is -0.160. The van der Waals surface area contributed by atoms with Crippen LogP contribution in [0.25, 0.3) is 6.08 Å². The maximum absolute atomic E-state index is 11.9. The van der Waals surface area contributed by atoms with Crippen molar-refractivity contribution in [3.8, 4) is 11.5 Å². The third-order valence-electron chi connectivity index (χ3n) is 4.69. The topological polar surface area (TPSA) is 86.0 Å². The summed E-state index contributed by atoms with van der Waals surface area (Å²) < 4.78 is 16.6. The van der Waals surface area contributed by atoms with Gasteiger partial charge in [-0.25, -0.2) is 4.99 Å². The number of aryl methyl sites for hydroxylation is 2. The predicted molar refractivity (Wildman–Crippen MR) is 121 cm³/mol. The number of aliphatic imine (C=N–C) groups is 1. The molecule has 0 bridgehead atoms. The van der Waals surface area contributed by atoms with Crippen LogP contribution in [0.2, 0.25) is 0 Å². The van der Waals surface area contributed by atoms with Crippen molar-refractivity contribution in [2.24, 2.45) is 4.99 Å². The number of amides is 1. The van der Waals surface area contributed by atoms with Crippen LogP contribution in [-0.4, -0.2) is 23.3 Å². The molecule has 8 heteroatoms. The van der Waals surface area contributed by atoms with Crippen LogP contribution < -0.4 is 14.8 Å². The van der Waals surface area contributed by atoms with Gasteiger partial charge in [0, 0.05) is 0 Å². The number of para-hydroxylation sites is 1. The molecule has 0 spiro atoms. The SMILES string of the molecule is COc1cc(C=C2SC(=O)NC2=Nc2ccccc2)ccc1OCc1c(C)noc1C. The van der Waals surface area contributed by atoms with E-state index in [1.54, 1.807) is 7.11 Å². The largest absolute Gasteiger partial charge is 0.493 e. The fourth-order valence-corrected chi connectivity index (χ4v) is 3.78. The number of hydrogen-bond donors (Lipinski definition) is 1. The van der Waals surface area contributed by atoms with Crippen LogP contribution in [0.5, 0.6) is 11.5 Å². The quantitative estimate of drug-likeness (QED) is 0.557. The smallest absolute Gasteiger partial charge is 0.289 e. The summed E-state index contributed by atoms with van der Waals surface area (Å²) in [5, 5.41) is 6.58. The Morgan fingerprint density at radius 2 is 1.97 bits per heavy atom. The van der Waals surface area contributed by atoms with E-state index in [4.69, 9.17) is 14.0 Å². The Kier molecular flexibility index (Phi) is 6.08. The Labute approximate surface area is 184 Å². The Bertz CT molecular complexity index is 1150. The Morgan fingerprint density at radius 1 is 1.16 bits per heavy atom. The Morgan fingerprint density at radius 3 is 2.68 bits per heavy atom. The average molecular weight is 436 g/mol. The minimum Gasteiger partial charge on any atom is -0.493 e. The second-order valence-corrected chi connectivity index (χ2v) is 7.84. The van der Waals surface area contributed by atoms with Crippen molar-refractivity contribution < 1.29 is 18.8 Å². The number of amidine groups is 1. The van der Waals surface area contributed by atoms with E-state index in [1.165, 1.54) is 0 Å². The highest BCUT2D eigenvalue weighted by atomic mass is 32.2. The highest BCUT2D eigenvalue weighted by Gasteiger charge is 2.23. The normalized spacial score (nSPS) is 16.0. The van der Waals surface area contributed by atoms with Gasteiger partial charge in [0.25, 0.3) is 5.24 Å². The van der Waals surface area contributed by atoms with Gasteiger partial charge >= 0.3 is 0 Å². The van der Waals surface area contributed by atoms with E-state index < -0.39 is 0 Å². The third-order valence-corrected chi connectivity index (χ3v) is 5.51. The van der Waals surface area contributed by atoms with Crippen LogP contribution in [0.4, 0.5) is 10.5 Å². The van der Waals surface area contributed by atoms with E-state index in [9.17, 15) is 4.79 Å². The summed E-state index contributed by atoms with van der Waals surface area (Å²) in [6.45, 7) is 4.07. The summed E-state index contributed by atoms with van der Waals surface area (Å²) in [6.07, 6.45) is 1.89. The van der Waals surface area contributed by atoms with Gasteiger partial charge in [-0.1, -0.05) is 29.4 Å². The lowest BCUT2D eigenvalue weighted by molar-refractivity contribution is 0.265. The average Bonchev–Trinajstić information content (AvgIpc) is 3.28. The van der Waals surface area contributed by atoms with Gasteiger partial charge in [-0.3, -0.25) is 4.79 Å². The van der Waals surface area contributed by atoms with E-state index >= 15 is 0 Å². The lowest BCUT2D eigenvalue weighted by Gasteiger charge is -2.11. The summed E-state index contributed by atoms with van der Waals surface area (Å²) >= 11 is 1.11. The highest BCUT2D eigenvalue weighted by molar-refractivity contribution is 8.18. The molecule has 0 saturated carbocycles. The molecule has 1 amide bonds. The second kappa shape index (κ2) is 9.09. The molecular formula is C23H21N3O4S. The number of ether oxygens (including phenoxy) is 2. The molecule has 0 unspecified atom stereocenters. The van der Waals surface area contributed by atoms with E-state index in [-0.39, 0.29) is 5.24 Å². The first-order chi connectivity index (χ1) is 15.0. The molecule has 31 heavy (non-hydrogen) atoms. The number of nitrogens with one attached hydrogen (secondary N) is 1. The van der Waals surface area contributed by atoms with Gasteiger partial charge in [0.15, 0.2) is 11.5 Å². The summed E-state index contributed by atoms with van der Waals surface area (Å²) in [7, 11) is 1.59. The molecule has 1 fully saturated rings. The number of nitrogens with zero attached hydrogens (tertiary/aromatic N) is 2. The Hall–Kier alpha value is -3.52. The first-order valence-corrected chi connectivity index (χ1v) is 10.4. The number of benzene rings is 2. The highest BCUT2D eigenvalue weighted by Crippen LogP contribution is 2.33. The van der Waals surface area contributed by atoms with Gasteiger partial charge in [0.1, 0.15) is 18.2 Å². The Balaban J connectivity index is 1.57. The van der Waals surface area contributed by atoms with Crippen molar-refractivity contribution in [1.82, 2.24) is 10.5 Å². The number of methoxy groups -OCH3 is 1. The van der Waals surface area contributed by atoms with Gasteiger partial charge in [0.05, 0.1) is 29.0 Å². The fraction of sp³-hybridized carbons (Fsp3) is 0.174. The fourth-order valence-electron chi connectivity index (χ4n) is 3.05. The summed E-state index contributed by atoms with van der Waals surface area (Å²) in [5.74, 6) is 2.46. The molecule has 158 valence electrons. The molecule has 7 nitrogen and oxygen atoms in total. The summed E-state index contributed by atoms with van der Waals surface area (Å²) in [4.78, 5) is 17.2. The molecule has 0 atom stereocenters. The van der Waals surface area contributed by atoms with Gasteiger partial charge in [-0.2, -0.15) is 0 Å². The minimum absolute atomic E-state index is 0.160. The van der Waals surface area contributed by atoms with Crippen molar-refractivity contribution in [3.05, 3.63) is 76.0 Å². The number of thioether (sulfide) groups is 1. The number of rotatable bonds is 6. The number of carbonyl (C=O) groups excluding carboxylic acids is 1. The number of carbonyl (C=O) groups is 1. The van der Waals surface area contributed by atoms with Gasteiger partial charge < -0.3 is 19.3 Å². The monoisotopic (exact) mass is 435 g/mol. The predicted octanol–water partition coefficient (Wildman–Crippen LogP) is 5.41. The lowest BCUT2D eigenvalue weighted by atomic mass is 10.1. The van der Waals surface area contributed by atoms with Crippen LogP contribution in [-0.2, 0) is 6.61 Å². The molecule has 1 aromatic heterocycles. The zero-order valence-electron chi connectivity index (χ0n) is 17.3. The zero-order chi connectivity index (χ0) is 21.8. The molecule has 4 rings (SSSR count). The number of hydrogen-bond acceptors (Lipinski definition) is 7. The molecule has 0 aliphatic carbocycles. The number of aromatic nitrogens is 1. The molecule has 1 N–H and O–H groups in total. The standard InChI is InChI=1S/C23H21N3O4S/c1-14-18(15(2)30-26-14)13-29-19-10-9-16(11-20(19)28-3)12-21-22(25-23(27)31-21)24-17-7-5-4-6-8-17/h4-12H,13H2,1-3H3,(H,24,25,27). The molecule has 1 aliphatic rings. The summed E-state index contributed by atoms with van der Waals surface area (Å²) in [5.41, 5.74) is 3.36. The van der Waals surface area contributed by atoms with Crippen LogP contribution in [0.1, 0.15) is 22.6 Å². The van der Waals surface area contributed by atoms with Crippen molar-refractivity contribution >= 4 is 34.6 Å². The molecule has 2 heterocycles. The summed E-state index contributed by atoms with van der Waals surface area (Å²) in [6, 6.07) is 15.1. The molecule has 0 radical (unpaired) electrons. The molecule has 2 aromatic carbocycles. The van der Waals surface area contributed by atoms with Crippen molar-refractivity contribution in [2.45, 2.75) is 20.5 Å². The van der Waals surface area contributed by atoms with Crippen LogP contribution >= 0.6 is 11.8 Å². The lowest BCUT2D eigenvalue weighted by Crippen LogP contribution is -2.18. The van der Waals surface area contributed by atoms with E-state index in [2.05, 4.69) is 15.5 Å². The second-order valence-electron chi connectivity index (χ2n) is 6.82. The van der Waals surface area contributed by atoms with Crippen molar-refractivity contribution in [1.29, 1.82) is 0 Å². The first kappa shape index (κ1) is 20.7. The van der Waals surface area contributed by atoms with Gasteiger partial charge in [0.2, 0.25) is 0 Å². The van der Waals surface area contributed by atoms with Gasteiger partial charge in [-0.05, 0) is 61.5 Å². The van der Waals surface area contributed by atoms with E-state index in [1.807, 2.05) is 68.5 Å². The van der Waals surface area contributed by atoms with Gasteiger partial charge in [-0.15, -0.1) is 0 Å². The van der Waals surface area contributed by atoms with Crippen LogP contribution in [0.15, 0.2) is 63.0 Å². The zero-order valence-corrected chi connectivity index (χ0v) is 18.2. The van der Waals surface area contributed by atoms with E-state index in [0.29, 0.717) is 23.9 Å². The van der Waals surface area contributed by atoms with Crippen molar-refractivity contribution in [2.75, 3.05) is 7.11 Å². The molecule has 1 saturated heterocycles. The van der Waals surface area contributed by atoms with Crippen LogP contribution in [0, 0.1) is 13.8 Å². The van der Waals surface area contributed by atoms with E-state index in [0.717, 1.165) is 44.9 Å². The first-order valence-electron chi connectivity index (χ1n) is 9.60. The molecular weight excluding hydrogens is 414 g/mol. The maximum atomic E-state index is 11.9. The van der Waals surface area contributed by atoms with Crippen LogP contribution in [0.3, 0.4) is 0 Å². The third kappa shape index (κ3) is 4.80. The molecule has 1 aliphatic heterocycles. The van der Waals surface area contributed by atoms with Crippen molar-refractivity contribution in [3.63, 3.8) is 0 Å². The maximum Gasteiger partial charge on any atom is 0.289 e. The molecule has 3 aromatic rings.